The Hall–Kier alpha value is -0.390. The number of thiophene rings is 1. The number of likely N-dealkylation sites (tertiary alicyclic amines) is 1. The van der Waals surface area contributed by atoms with Crippen LogP contribution in [0.1, 0.15) is 11.3 Å². The van der Waals surface area contributed by atoms with E-state index in [2.05, 4.69) is 32.3 Å². The first-order valence-corrected chi connectivity index (χ1v) is 6.48. The van der Waals surface area contributed by atoms with Gasteiger partial charge in [0.25, 0.3) is 0 Å². The minimum absolute atomic E-state index is 0.310. The predicted octanol–water partition coefficient (Wildman–Crippen LogP) is 2.42. The van der Waals surface area contributed by atoms with E-state index in [0.717, 1.165) is 24.1 Å². The molecule has 1 aromatic rings. The number of carboxylic acids is 1. The van der Waals surface area contributed by atoms with Gasteiger partial charge >= 0.3 is 5.97 Å². The van der Waals surface area contributed by atoms with Gasteiger partial charge in [0.15, 0.2) is 0 Å². The van der Waals surface area contributed by atoms with Crippen molar-refractivity contribution in [2.24, 2.45) is 5.92 Å². The highest BCUT2D eigenvalue weighted by molar-refractivity contribution is 9.10. The lowest BCUT2D eigenvalue weighted by Gasteiger charge is -2.38. The van der Waals surface area contributed by atoms with Gasteiger partial charge in [0.2, 0.25) is 0 Å². The third-order valence-corrected chi connectivity index (χ3v) is 4.18. The standard InChI is InChI=1S/C10H12BrNO2S/c11-8-2-9(15-6-8)5-12-3-7(4-12)1-10(13)14/h2,6-7H,1,3-5H2,(H,13,14). The fourth-order valence-corrected chi connectivity index (χ4v) is 3.33. The summed E-state index contributed by atoms with van der Waals surface area (Å²) in [4.78, 5) is 14.1. The van der Waals surface area contributed by atoms with Crippen LogP contribution in [0.15, 0.2) is 15.9 Å². The van der Waals surface area contributed by atoms with Crippen LogP contribution in [0.2, 0.25) is 0 Å². The first kappa shape index (κ1) is 11.1. The van der Waals surface area contributed by atoms with Crippen LogP contribution >= 0.6 is 27.3 Å². The van der Waals surface area contributed by atoms with Crippen molar-refractivity contribution < 1.29 is 9.90 Å². The van der Waals surface area contributed by atoms with Gasteiger partial charge in [0, 0.05) is 34.4 Å². The number of nitrogens with zero attached hydrogens (tertiary/aromatic N) is 1. The van der Waals surface area contributed by atoms with E-state index in [4.69, 9.17) is 5.11 Å². The molecule has 3 nitrogen and oxygen atoms in total. The van der Waals surface area contributed by atoms with E-state index in [0.29, 0.717) is 12.3 Å². The summed E-state index contributed by atoms with van der Waals surface area (Å²) < 4.78 is 1.13. The molecule has 5 heteroatoms. The van der Waals surface area contributed by atoms with Crippen molar-refractivity contribution in [1.82, 2.24) is 4.90 Å². The van der Waals surface area contributed by atoms with E-state index >= 15 is 0 Å². The Kier molecular flexibility index (Phi) is 3.43. The maximum atomic E-state index is 10.4. The van der Waals surface area contributed by atoms with Crippen molar-refractivity contribution in [1.29, 1.82) is 0 Å². The van der Waals surface area contributed by atoms with Crippen molar-refractivity contribution in [3.05, 3.63) is 20.8 Å². The molecule has 15 heavy (non-hydrogen) atoms. The summed E-state index contributed by atoms with van der Waals surface area (Å²) in [6.07, 6.45) is 0.310. The molecule has 1 aliphatic rings. The second-order valence-electron chi connectivity index (χ2n) is 3.89. The molecule has 1 saturated heterocycles. The van der Waals surface area contributed by atoms with Crippen molar-refractivity contribution >= 4 is 33.2 Å². The van der Waals surface area contributed by atoms with Crippen LogP contribution < -0.4 is 0 Å². The molecule has 0 atom stereocenters. The highest BCUT2D eigenvalue weighted by Gasteiger charge is 2.28. The van der Waals surface area contributed by atoms with Crippen LogP contribution in [0.5, 0.6) is 0 Å². The van der Waals surface area contributed by atoms with E-state index < -0.39 is 5.97 Å². The molecule has 1 fully saturated rings. The average Bonchev–Trinajstić information content (AvgIpc) is 2.47. The smallest absolute Gasteiger partial charge is 0.303 e. The normalized spacial score (nSPS) is 17.7. The molecule has 0 aliphatic carbocycles. The molecule has 0 saturated carbocycles. The molecule has 0 bridgehead atoms. The molecule has 0 amide bonds. The Morgan fingerprint density at radius 1 is 1.67 bits per heavy atom. The Balaban J connectivity index is 1.74. The zero-order valence-corrected chi connectivity index (χ0v) is 10.6. The number of halogens is 1. The number of carboxylic acid groups (broad SMARTS) is 1. The molecule has 2 heterocycles. The quantitative estimate of drug-likeness (QED) is 0.925. The summed E-state index contributed by atoms with van der Waals surface area (Å²) in [5, 5.41) is 10.7. The van der Waals surface area contributed by atoms with Gasteiger partial charge in [-0.3, -0.25) is 9.69 Å². The van der Waals surface area contributed by atoms with E-state index in [1.807, 2.05) is 0 Å². The second-order valence-corrected chi connectivity index (χ2v) is 5.80. The molecule has 2 rings (SSSR count). The lowest BCUT2D eigenvalue weighted by atomic mass is 9.96. The highest BCUT2D eigenvalue weighted by atomic mass is 79.9. The first-order valence-electron chi connectivity index (χ1n) is 4.80. The number of hydrogen-bond donors (Lipinski definition) is 1. The molecule has 1 N–H and O–H groups in total. The van der Waals surface area contributed by atoms with Crippen molar-refractivity contribution in [3.8, 4) is 0 Å². The molecular weight excluding hydrogens is 278 g/mol. The zero-order valence-electron chi connectivity index (χ0n) is 8.15. The van der Waals surface area contributed by atoms with Gasteiger partial charge in [0.1, 0.15) is 0 Å². The van der Waals surface area contributed by atoms with Gasteiger partial charge in [-0.1, -0.05) is 0 Å². The van der Waals surface area contributed by atoms with Crippen LogP contribution in [0.4, 0.5) is 0 Å². The zero-order chi connectivity index (χ0) is 10.8. The average molecular weight is 290 g/mol. The van der Waals surface area contributed by atoms with Crippen molar-refractivity contribution in [2.75, 3.05) is 13.1 Å². The van der Waals surface area contributed by atoms with E-state index in [9.17, 15) is 4.79 Å². The highest BCUT2D eigenvalue weighted by Crippen LogP contribution is 2.25. The Morgan fingerprint density at radius 3 is 2.93 bits per heavy atom. The molecule has 1 aliphatic heterocycles. The van der Waals surface area contributed by atoms with Gasteiger partial charge in [-0.25, -0.2) is 0 Å². The summed E-state index contributed by atoms with van der Waals surface area (Å²) in [7, 11) is 0. The van der Waals surface area contributed by atoms with Gasteiger partial charge in [-0.2, -0.15) is 0 Å². The van der Waals surface area contributed by atoms with E-state index in [-0.39, 0.29) is 0 Å². The SMILES string of the molecule is O=C(O)CC1CN(Cc2cc(Br)cs2)C1. The van der Waals surface area contributed by atoms with Crippen LogP contribution in [0, 0.1) is 5.92 Å². The largest absolute Gasteiger partial charge is 0.481 e. The van der Waals surface area contributed by atoms with Crippen molar-refractivity contribution in [3.63, 3.8) is 0 Å². The molecule has 0 radical (unpaired) electrons. The lowest BCUT2D eigenvalue weighted by Crippen LogP contribution is -2.46. The first-order chi connectivity index (χ1) is 7.13. The minimum atomic E-state index is -0.682. The second kappa shape index (κ2) is 4.63. The molecule has 0 aromatic carbocycles. The van der Waals surface area contributed by atoms with E-state index in [1.54, 1.807) is 11.3 Å². The van der Waals surface area contributed by atoms with Crippen molar-refractivity contribution in [2.45, 2.75) is 13.0 Å². The predicted molar refractivity (Wildman–Crippen MR) is 63.0 cm³/mol. The van der Waals surface area contributed by atoms with Crippen LogP contribution in [-0.4, -0.2) is 29.1 Å². The summed E-state index contributed by atoms with van der Waals surface area (Å²) in [6.45, 7) is 2.79. The molecular formula is C10H12BrNO2S. The van der Waals surface area contributed by atoms with Gasteiger partial charge in [0.05, 0.1) is 6.42 Å². The summed E-state index contributed by atoms with van der Waals surface area (Å²) >= 11 is 5.16. The fourth-order valence-electron chi connectivity index (χ4n) is 1.84. The Morgan fingerprint density at radius 2 is 2.40 bits per heavy atom. The number of carbonyl (C=O) groups is 1. The number of hydrogen-bond acceptors (Lipinski definition) is 3. The number of aliphatic carboxylic acids is 1. The van der Waals surface area contributed by atoms with Gasteiger partial charge in [-0.15, -0.1) is 11.3 Å². The Labute approximate surface area is 101 Å². The lowest BCUT2D eigenvalue weighted by molar-refractivity contribution is -0.139. The molecule has 0 spiro atoms. The van der Waals surface area contributed by atoms with Gasteiger partial charge < -0.3 is 5.11 Å². The van der Waals surface area contributed by atoms with Crippen LogP contribution in [0.3, 0.4) is 0 Å². The Bertz CT molecular complexity index is 360. The minimum Gasteiger partial charge on any atom is -0.481 e. The number of rotatable bonds is 4. The van der Waals surface area contributed by atoms with Crippen LogP contribution in [0.25, 0.3) is 0 Å². The summed E-state index contributed by atoms with van der Waals surface area (Å²) in [5.41, 5.74) is 0. The summed E-state index contributed by atoms with van der Waals surface area (Å²) in [5.74, 6) is -0.329. The summed E-state index contributed by atoms with van der Waals surface area (Å²) in [6, 6.07) is 2.12. The topological polar surface area (TPSA) is 40.5 Å². The molecule has 0 unspecified atom stereocenters. The molecule has 82 valence electrons. The van der Waals surface area contributed by atoms with Gasteiger partial charge in [-0.05, 0) is 27.9 Å². The molecule has 1 aromatic heterocycles. The monoisotopic (exact) mass is 289 g/mol. The van der Waals surface area contributed by atoms with Crippen LogP contribution in [-0.2, 0) is 11.3 Å². The fraction of sp³-hybridized carbons (Fsp3) is 0.500. The maximum Gasteiger partial charge on any atom is 0.303 e. The third-order valence-electron chi connectivity index (χ3n) is 2.50. The van der Waals surface area contributed by atoms with E-state index in [1.165, 1.54) is 4.88 Å². The third kappa shape index (κ3) is 3.03. The maximum absolute atomic E-state index is 10.4.